The lowest BCUT2D eigenvalue weighted by Gasteiger charge is -2.20. The van der Waals surface area contributed by atoms with Gasteiger partial charge in [0.25, 0.3) is 11.8 Å². The molecular formula is C31H34N2O3. The Morgan fingerprint density at radius 2 is 1.22 bits per heavy atom. The van der Waals surface area contributed by atoms with E-state index in [1.54, 1.807) is 24.3 Å². The highest BCUT2D eigenvalue weighted by Crippen LogP contribution is 2.24. The molecule has 0 unspecified atom stereocenters. The molecule has 1 N–H and O–H groups in total. The van der Waals surface area contributed by atoms with E-state index in [0.29, 0.717) is 24.1 Å². The van der Waals surface area contributed by atoms with Crippen LogP contribution < -0.4 is 5.32 Å². The van der Waals surface area contributed by atoms with E-state index in [1.165, 1.54) is 10.5 Å². The first-order valence-electron chi connectivity index (χ1n) is 12.9. The average molecular weight is 483 g/mol. The minimum absolute atomic E-state index is 0.0649. The Kier molecular flexibility index (Phi) is 8.66. The number of hydrogen-bond acceptors (Lipinski definition) is 3. The molecule has 186 valence electrons. The molecule has 1 aliphatic rings. The van der Waals surface area contributed by atoms with Crippen LogP contribution in [0, 0.1) is 6.92 Å². The standard InChI is InChI=1S/C31H34N2O3/c1-23-18-20-25(21-19-23)29(24-13-7-6-8-14-24)32-28(34)17-9-4-2-3-5-12-22-33-30(35)26-15-10-11-16-27(26)31(33)36/h6-8,10-11,13-16,18-21,29H,2-5,9,12,17,22H2,1H3,(H,32,34)/t29-/m0/s1. The summed E-state index contributed by atoms with van der Waals surface area (Å²) in [5, 5.41) is 3.22. The van der Waals surface area contributed by atoms with Crippen LogP contribution in [0.3, 0.4) is 0 Å². The summed E-state index contributed by atoms with van der Waals surface area (Å²) >= 11 is 0. The Balaban J connectivity index is 1.14. The summed E-state index contributed by atoms with van der Waals surface area (Å²) in [5.41, 5.74) is 4.38. The summed E-state index contributed by atoms with van der Waals surface area (Å²) in [6, 6.07) is 25.2. The first-order chi connectivity index (χ1) is 17.5. The van der Waals surface area contributed by atoms with Gasteiger partial charge in [-0.3, -0.25) is 19.3 Å². The molecule has 0 saturated heterocycles. The Morgan fingerprint density at radius 3 is 1.86 bits per heavy atom. The Labute approximate surface area is 213 Å². The van der Waals surface area contributed by atoms with E-state index in [-0.39, 0.29) is 23.8 Å². The number of nitrogens with zero attached hydrogens (tertiary/aromatic N) is 1. The first-order valence-corrected chi connectivity index (χ1v) is 12.9. The predicted molar refractivity (Wildman–Crippen MR) is 142 cm³/mol. The molecule has 0 spiro atoms. The molecule has 0 radical (unpaired) electrons. The van der Waals surface area contributed by atoms with Gasteiger partial charge in [0, 0.05) is 13.0 Å². The SMILES string of the molecule is Cc1ccc([C@@H](NC(=O)CCCCCCCCN2C(=O)c3ccccc3C2=O)c2ccccc2)cc1. The zero-order chi connectivity index (χ0) is 25.3. The molecule has 3 aromatic carbocycles. The zero-order valence-corrected chi connectivity index (χ0v) is 20.9. The molecule has 36 heavy (non-hydrogen) atoms. The maximum Gasteiger partial charge on any atom is 0.261 e. The Hall–Kier alpha value is -3.73. The second kappa shape index (κ2) is 12.3. The van der Waals surface area contributed by atoms with Crippen molar-refractivity contribution in [3.8, 4) is 0 Å². The molecule has 5 nitrogen and oxygen atoms in total. The number of nitrogens with one attached hydrogen (secondary N) is 1. The van der Waals surface area contributed by atoms with E-state index in [9.17, 15) is 14.4 Å². The van der Waals surface area contributed by atoms with Crippen molar-refractivity contribution in [2.75, 3.05) is 6.54 Å². The fourth-order valence-electron chi connectivity index (χ4n) is 4.70. The van der Waals surface area contributed by atoms with Crippen LogP contribution in [-0.4, -0.2) is 29.2 Å². The number of amides is 3. The second-order valence-electron chi connectivity index (χ2n) is 9.50. The molecule has 1 atom stereocenters. The third kappa shape index (κ3) is 6.28. The average Bonchev–Trinajstić information content (AvgIpc) is 3.15. The monoisotopic (exact) mass is 482 g/mol. The molecule has 4 rings (SSSR count). The predicted octanol–water partition coefficient (Wildman–Crippen LogP) is 6.23. The molecule has 5 heteroatoms. The highest BCUT2D eigenvalue weighted by molar-refractivity contribution is 6.21. The smallest absolute Gasteiger partial charge is 0.261 e. The lowest BCUT2D eigenvalue weighted by molar-refractivity contribution is -0.121. The van der Waals surface area contributed by atoms with Gasteiger partial charge in [-0.25, -0.2) is 0 Å². The van der Waals surface area contributed by atoms with Crippen LogP contribution in [0.2, 0.25) is 0 Å². The first kappa shape index (κ1) is 25.4. The quantitative estimate of drug-likeness (QED) is 0.246. The topological polar surface area (TPSA) is 66.5 Å². The van der Waals surface area contributed by atoms with Crippen LogP contribution in [0.25, 0.3) is 0 Å². The number of aryl methyl sites for hydroxylation is 1. The van der Waals surface area contributed by atoms with E-state index in [2.05, 4.69) is 36.5 Å². The van der Waals surface area contributed by atoms with Crippen LogP contribution in [0.4, 0.5) is 0 Å². The van der Waals surface area contributed by atoms with Gasteiger partial charge in [-0.1, -0.05) is 98.0 Å². The van der Waals surface area contributed by atoms with E-state index in [1.807, 2.05) is 30.3 Å². The van der Waals surface area contributed by atoms with Gasteiger partial charge in [-0.2, -0.15) is 0 Å². The van der Waals surface area contributed by atoms with Gasteiger partial charge in [0.15, 0.2) is 0 Å². The molecule has 0 bridgehead atoms. The summed E-state index contributed by atoms with van der Waals surface area (Å²) < 4.78 is 0. The summed E-state index contributed by atoms with van der Waals surface area (Å²) in [4.78, 5) is 38.9. The van der Waals surface area contributed by atoms with Crippen LogP contribution in [0.15, 0.2) is 78.9 Å². The van der Waals surface area contributed by atoms with Crippen molar-refractivity contribution in [2.45, 2.75) is 57.9 Å². The van der Waals surface area contributed by atoms with Crippen molar-refractivity contribution in [3.05, 3.63) is 107 Å². The molecule has 0 aliphatic carbocycles. The number of carbonyl (C=O) groups excluding carboxylic acids is 3. The number of imide groups is 1. The van der Waals surface area contributed by atoms with Crippen LogP contribution in [0.1, 0.15) is 88.4 Å². The van der Waals surface area contributed by atoms with E-state index >= 15 is 0 Å². The van der Waals surface area contributed by atoms with Gasteiger partial charge in [0.2, 0.25) is 5.91 Å². The van der Waals surface area contributed by atoms with Crippen molar-refractivity contribution in [2.24, 2.45) is 0 Å². The summed E-state index contributed by atoms with van der Waals surface area (Å²) in [6.07, 6.45) is 6.17. The van der Waals surface area contributed by atoms with Gasteiger partial charge in [-0.15, -0.1) is 0 Å². The minimum atomic E-state index is -0.180. The Bertz CT molecular complexity index is 1150. The number of hydrogen-bond donors (Lipinski definition) is 1. The lowest BCUT2D eigenvalue weighted by atomic mass is 9.97. The number of fused-ring (bicyclic) bond motifs is 1. The van der Waals surface area contributed by atoms with Gasteiger partial charge in [-0.05, 0) is 43.0 Å². The molecular weight excluding hydrogens is 448 g/mol. The van der Waals surface area contributed by atoms with Crippen molar-refractivity contribution in [3.63, 3.8) is 0 Å². The molecule has 0 saturated carbocycles. The number of unbranched alkanes of at least 4 members (excludes halogenated alkanes) is 5. The van der Waals surface area contributed by atoms with Gasteiger partial charge < -0.3 is 5.32 Å². The molecule has 3 aromatic rings. The minimum Gasteiger partial charge on any atom is -0.345 e. The van der Waals surface area contributed by atoms with E-state index in [0.717, 1.165) is 49.7 Å². The van der Waals surface area contributed by atoms with Gasteiger partial charge in [0.05, 0.1) is 17.2 Å². The van der Waals surface area contributed by atoms with Crippen LogP contribution in [0.5, 0.6) is 0 Å². The fraction of sp³-hybridized carbons (Fsp3) is 0.323. The lowest BCUT2D eigenvalue weighted by Crippen LogP contribution is -2.30. The third-order valence-electron chi connectivity index (χ3n) is 6.76. The number of benzene rings is 3. The largest absolute Gasteiger partial charge is 0.345 e. The highest BCUT2D eigenvalue weighted by Gasteiger charge is 2.34. The Morgan fingerprint density at radius 1 is 0.694 bits per heavy atom. The van der Waals surface area contributed by atoms with Crippen molar-refractivity contribution in [1.29, 1.82) is 0 Å². The van der Waals surface area contributed by atoms with Gasteiger partial charge >= 0.3 is 0 Å². The van der Waals surface area contributed by atoms with E-state index < -0.39 is 0 Å². The third-order valence-corrected chi connectivity index (χ3v) is 6.76. The fourth-order valence-corrected chi connectivity index (χ4v) is 4.70. The van der Waals surface area contributed by atoms with Crippen LogP contribution >= 0.6 is 0 Å². The van der Waals surface area contributed by atoms with Gasteiger partial charge in [0.1, 0.15) is 0 Å². The highest BCUT2D eigenvalue weighted by atomic mass is 16.2. The summed E-state index contributed by atoms with van der Waals surface area (Å²) in [6.45, 7) is 2.53. The summed E-state index contributed by atoms with van der Waals surface area (Å²) in [7, 11) is 0. The maximum absolute atomic E-state index is 12.7. The van der Waals surface area contributed by atoms with Crippen LogP contribution in [-0.2, 0) is 4.79 Å². The van der Waals surface area contributed by atoms with Crippen molar-refractivity contribution < 1.29 is 14.4 Å². The zero-order valence-electron chi connectivity index (χ0n) is 20.9. The maximum atomic E-state index is 12.7. The normalized spacial score (nSPS) is 13.5. The van der Waals surface area contributed by atoms with E-state index in [4.69, 9.17) is 0 Å². The summed E-state index contributed by atoms with van der Waals surface area (Å²) in [5.74, 6) is -0.294. The van der Waals surface area contributed by atoms with Crippen molar-refractivity contribution in [1.82, 2.24) is 10.2 Å². The molecule has 1 aliphatic heterocycles. The molecule has 1 heterocycles. The van der Waals surface area contributed by atoms with Crippen molar-refractivity contribution >= 4 is 17.7 Å². The molecule has 3 amide bonds. The molecule has 0 aromatic heterocycles. The second-order valence-corrected chi connectivity index (χ2v) is 9.50. The number of rotatable bonds is 12. The molecule has 0 fully saturated rings. The number of carbonyl (C=O) groups is 3.